The fraction of sp³-hybridized carbons (Fsp3) is 0.889. The molecule has 0 aliphatic rings. The molecule has 0 heterocycles. The van der Waals surface area contributed by atoms with Gasteiger partial charge in [0.2, 0.25) is 5.92 Å². The second kappa shape index (κ2) is 5.28. The molecule has 0 aliphatic heterocycles. The van der Waals surface area contributed by atoms with Crippen molar-refractivity contribution in [2.24, 2.45) is 0 Å². The average Bonchev–Trinajstić information content (AvgIpc) is 2.12. The molecular weight excluding hydrogens is 260 g/mol. The fourth-order valence-corrected chi connectivity index (χ4v) is 2.88. The van der Waals surface area contributed by atoms with Crippen molar-refractivity contribution in [3.05, 3.63) is 0 Å². The zero-order chi connectivity index (χ0) is 13.0. The lowest BCUT2D eigenvalue weighted by molar-refractivity contribution is 0.00968. The Morgan fingerprint density at radius 3 is 2.12 bits per heavy atom. The maximum absolute atomic E-state index is 12.6. The first-order valence-electron chi connectivity index (χ1n) is 4.65. The Labute approximate surface area is 99.3 Å². The van der Waals surface area contributed by atoms with Crippen LogP contribution in [0.4, 0.5) is 8.78 Å². The van der Waals surface area contributed by atoms with Crippen LogP contribution in [0, 0.1) is 11.3 Å². The zero-order valence-corrected chi connectivity index (χ0v) is 10.7. The molecule has 0 aromatic heterocycles. The van der Waals surface area contributed by atoms with Gasteiger partial charge in [0.1, 0.15) is 0 Å². The van der Waals surface area contributed by atoms with Gasteiger partial charge in [-0.25, -0.2) is 17.2 Å². The van der Waals surface area contributed by atoms with Gasteiger partial charge in [-0.1, -0.05) is 0 Å². The van der Waals surface area contributed by atoms with Crippen molar-refractivity contribution in [1.82, 2.24) is 0 Å². The molecule has 16 heavy (non-hydrogen) atoms. The number of sulfone groups is 1. The van der Waals surface area contributed by atoms with E-state index in [1.807, 2.05) is 0 Å². The average molecular weight is 274 g/mol. The quantitative estimate of drug-likeness (QED) is 0.698. The summed E-state index contributed by atoms with van der Waals surface area (Å²) in [6.45, 7) is 1.85. The Bertz CT molecular complexity index is 372. The summed E-state index contributed by atoms with van der Waals surface area (Å²) in [4.78, 5) is 0. The van der Waals surface area contributed by atoms with Crippen LogP contribution in [-0.2, 0) is 9.84 Å². The zero-order valence-electron chi connectivity index (χ0n) is 9.13. The number of nitriles is 1. The lowest BCUT2D eigenvalue weighted by Crippen LogP contribution is -2.37. The van der Waals surface area contributed by atoms with Crippen molar-refractivity contribution in [1.29, 1.82) is 5.26 Å². The summed E-state index contributed by atoms with van der Waals surface area (Å²) in [5.41, 5.74) is 0. The molecule has 3 nitrogen and oxygen atoms in total. The third-order valence-electron chi connectivity index (χ3n) is 2.31. The van der Waals surface area contributed by atoms with Crippen molar-refractivity contribution in [2.45, 2.75) is 37.4 Å². The van der Waals surface area contributed by atoms with Gasteiger partial charge in [0.05, 0.1) is 11.8 Å². The Kier molecular flexibility index (Phi) is 5.15. The highest BCUT2D eigenvalue weighted by molar-refractivity contribution is 7.93. The second-order valence-electron chi connectivity index (χ2n) is 3.92. The van der Waals surface area contributed by atoms with E-state index in [1.54, 1.807) is 6.07 Å². The Balaban J connectivity index is 4.89. The molecule has 0 fully saturated rings. The third-order valence-corrected chi connectivity index (χ3v) is 5.13. The summed E-state index contributed by atoms with van der Waals surface area (Å²) in [6, 6.07) is 1.60. The van der Waals surface area contributed by atoms with Crippen LogP contribution < -0.4 is 0 Å². The SMILES string of the molecule is CC(F)(F)CCC(C)(C#N)S(=O)(=O)CCCl. The molecule has 0 aromatic rings. The van der Waals surface area contributed by atoms with Gasteiger partial charge in [0.15, 0.2) is 14.6 Å². The summed E-state index contributed by atoms with van der Waals surface area (Å²) in [7, 11) is -3.77. The third kappa shape index (κ3) is 4.22. The number of halogens is 3. The van der Waals surface area contributed by atoms with Crippen LogP contribution in [0.2, 0.25) is 0 Å². The van der Waals surface area contributed by atoms with Gasteiger partial charge >= 0.3 is 0 Å². The number of rotatable bonds is 6. The van der Waals surface area contributed by atoms with Crippen molar-refractivity contribution in [3.63, 3.8) is 0 Å². The van der Waals surface area contributed by atoms with E-state index in [4.69, 9.17) is 16.9 Å². The molecule has 1 unspecified atom stereocenters. The van der Waals surface area contributed by atoms with Gasteiger partial charge in [-0.15, -0.1) is 11.6 Å². The molecule has 0 bridgehead atoms. The normalized spacial score (nSPS) is 16.5. The highest BCUT2D eigenvalue weighted by Gasteiger charge is 2.40. The van der Waals surface area contributed by atoms with Crippen LogP contribution in [0.25, 0.3) is 0 Å². The predicted octanol–water partition coefficient (Wildman–Crippen LogP) is 2.36. The number of alkyl halides is 3. The minimum atomic E-state index is -3.77. The van der Waals surface area contributed by atoms with Gasteiger partial charge < -0.3 is 0 Å². The molecule has 0 aromatic carbocycles. The summed E-state index contributed by atoms with van der Waals surface area (Å²) >= 11 is 5.30. The molecular formula is C9H14ClF2NO2S. The lowest BCUT2D eigenvalue weighted by atomic mass is 10.0. The van der Waals surface area contributed by atoms with Crippen LogP contribution in [0.3, 0.4) is 0 Å². The van der Waals surface area contributed by atoms with Crippen LogP contribution in [0.1, 0.15) is 26.7 Å². The van der Waals surface area contributed by atoms with Crippen LogP contribution in [0.5, 0.6) is 0 Å². The fourth-order valence-electron chi connectivity index (χ4n) is 1.07. The molecule has 0 saturated carbocycles. The second-order valence-corrected chi connectivity index (χ2v) is 6.84. The molecule has 0 aliphatic carbocycles. The smallest absolute Gasteiger partial charge is 0.227 e. The first-order chi connectivity index (χ1) is 7.08. The summed E-state index contributed by atoms with van der Waals surface area (Å²) in [6.07, 6.45) is -1.04. The minimum absolute atomic E-state index is 0.151. The van der Waals surface area contributed by atoms with Gasteiger partial charge in [0, 0.05) is 12.3 Å². The predicted molar refractivity (Wildman–Crippen MR) is 58.4 cm³/mol. The highest BCUT2D eigenvalue weighted by atomic mass is 35.5. The molecule has 0 N–H and O–H groups in total. The van der Waals surface area contributed by atoms with Gasteiger partial charge in [-0.2, -0.15) is 5.26 Å². The number of nitrogens with zero attached hydrogens (tertiary/aromatic N) is 1. The minimum Gasteiger partial charge on any atom is -0.227 e. The molecule has 0 radical (unpaired) electrons. The van der Waals surface area contributed by atoms with Gasteiger partial charge in [-0.05, 0) is 20.3 Å². The topological polar surface area (TPSA) is 57.9 Å². The van der Waals surface area contributed by atoms with E-state index in [9.17, 15) is 17.2 Å². The summed E-state index contributed by atoms with van der Waals surface area (Å²) in [5, 5.41) is 8.83. The standard InChI is InChI=1S/C9H14ClF2NO2S/c1-8(7-13,3-4-9(2,11)12)16(14,15)6-5-10/h3-6H2,1-2H3. The molecule has 0 amide bonds. The molecule has 0 spiro atoms. The van der Waals surface area contributed by atoms with E-state index in [0.717, 1.165) is 6.92 Å². The highest BCUT2D eigenvalue weighted by Crippen LogP contribution is 2.29. The Morgan fingerprint density at radius 2 is 1.81 bits per heavy atom. The van der Waals surface area contributed by atoms with E-state index < -0.39 is 33.3 Å². The largest absolute Gasteiger partial charge is 0.245 e. The maximum Gasteiger partial charge on any atom is 0.245 e. The Hall–Kier alpha value is -0.410. The van der Waals surface area contributed by atoms with E-state index in [2.05, 4.69) is 0 Å². The maximum atomic E-state index is 12.6. The van der Waals surface area contributed by atoms with Crippen molar-refractivity contribution in [3.8, 4) is 6.07 Å². The van der Waals surface area contributed by atoms with Crippen molar-refractivity contribution in [2.75, 3.05) is 11.6 Å². The van der Waals surface area contributed by atoms with E-state index in [1.165, 1.54) is 0 Å². The van der Waals surface area contributed by atoms with Gasteiger partial charge in [-0.3, -0.25) is 0 Å². The van der Waals surface area contributed by atoms with Crippen molar-refractivity contribution < 1.29 is 17.2 Å². The number of hydrogen-bond acceptors (Lipinski definition) is 3. The summed E-state index contributed by atoms with van der Waals surface area (Å²) in [5.74, 6) is -3.51. The first kappa shape index (κ1) is 15.6. The molecule has 0 saturated heterocycles. The van der Waals surface area contributed by atoms with Gasteiger partial charge in [0.25, 0.3) is 0 Å². The Morgan fingerprint density at radius 1 is 1.31 bits per heavy atom. The van der Waals surface area contributed by atoms with Crippen LogP contribution >= 0.6 is 11.6 Å². The lowest BCUT2D eigenvalue weighted by Gasteiger charge is -2.22. The van der Waals surface area contributed by atoms with Crippen molar-refractivity contribution >= 4 is 21.4 Å². The molecule has 7 heteroatoms. The molecule has 0 rings (SSSR count). The first-order valence-corrected chi connectivity index (χ1v) is 6.84. The van der Waals surface area contributed by atoms with E-state index >= 15 is 0 Å². The van der Waals surface area contributed by atoms with E-state index in [-0.39, 0.29) is 11.6 Å². The number of hydrogen-bond donors (Lipinski definition) is 0. The molecule has 94 valence electrons. The monoisotopic (exact) mass is 273 g/mol. The van der Waals surface area contributed by atoms with E-state index in [0.29, 0.717) is 6.92 Å². The molecule has 1 atom stereocenters. The van der Waals surface area contributed by atoms with Crippen LogP contribution in [0.15, 0.2) is 0 Å². The van der Waals surface area contributed by atoms with Crippen LogP contribution in [-0.4, -0.2) is 30.7 Å². The summed E-state index contributed by atoms with van der Waals surface area (Å²) < 4.78 is 46.8.